The van der Waals surface area contributed by atoms with E-state index in [9.17, 15) is 5.11 Å². The van der Waals surface area contributed by atoms with E-state index in [0.29, 0.717) is 19.8 Å². The van der Waals surface area contributed by atoms with Crippen LogP contribution >= 0.6 is 0 Å². The highest BCUT2D eigenvalue weighted by Gasteiger charge is 2.23. The molecule has 0 aromatic heterocycles. The quantitative estimate of drug-likeness (QED) is 0.429. The molecule has 0 bridgehead atoms. The van der Waals surface area contributed by atoms with Gasteiger partial charge >= 0.3 is 0 Å². The van der Waals surface area contributed by atoms with Crippen molar-refractivity contribution >= 4 is 0 Å². The number of rotatable bonds is 3. The zero-order valence-corrected chi connectivity index (χ0v) is 7.15. The molecule has 2 unspecified atom stereocenters. The maximum absolute atomic E-state index is 9.18. The van der Waals surface area contributed by atoms with Gasteiger partial charge in [-0.05, 0) is 0 Å². The number of hydrogen-bond acceptors (Lipinski definition) is 5. The number of ether oxygens (including phenoxy) is 1. The molecule has 0 spiro atoms. The first-order chi connectivity index (χ1) is 5.75. The van der Waals surface area contributed by atoms with Crippen LogP contribution in [0.4, 0.5) is 0 Å². The van der Waals surface area contributed by atoms with Gasteiger partial charge in [-0.1, -0.05) is 0 Å². The Morgan fingerprint density at radius 1 is 1.42 bits per heavy atom. The first-order valence-corrected chi connectivity index (χ1v) is 4.21. The van der Waals surface area contributed by atoms with Gasteiger partial charge < -0.3 is 21.3 Å². The van der Waals surface area contributed by atoms with Crippen LogP contribution in [0.2, 0.25) is 0 Å². The van der Waals surface area contributed by atoms with Gasteiger partial charge in [0, 0.05) is 19.6 Å². The van der Waals surface area contributed by atoms with Crippen LogP contribution in [0.1, 0.15) is 0 Å². The number of hydrogen-bond donors (Lipinski definition) is 3. The van der Waals surface area contributed by atoms with Crippen molar-refractivity contribution in [2.75, 3.05) is 32.8 Å². The van der Waals surface area contributed by atoms with Crippen molar-refractivity contribution in [1.82, 2.24) is 4.90 Å². The summed E-state index contributed by atoms with van der Waals surface area (Å²) in [4.78, 5) is 2.06. The Morgan fingerprint density at radius 3 is 2.42 bits per heavy atom. The highest BCUT2D eigenvalue weighted by molar-refractivity contribution is 4.78. The summed E-state index contributed by atoms with van der Waals surface area (Å²) in [6.07, 6.45) is -0.854. The monoisotopic (exact) mass is 175 g/mol. The maximum atomic E-state index is 9.18. The lowest BCUT2D eigenvalue weighted by molar-refractivity contribution is -0.0170. The molecular weight excluding hydrogens is 158 g/mol. The maximum Gasteiger partial charge on any atom is 0.119 e. The van der Waals surface area contributed by atoms with Crippen molar-refractivity contribution in [1.29, 1.82) is 0 Å². The van der Waals surface area contributed by atoms with Gasteiger partial charge in [0.15, 0.2) is 0 Å². The smallest absolute Gasteiger partial charge is 0.119 e. The lowest BCUT2D eigenvalue weighted by Crippen LogP contribution is -2.55. The fraction of sp³-hybridized carbons (Fsp3) is 1.00. The molecule has 12 heavy (non-hydrogen) atoms. The Bertz CT molecular complexity index is 126. The largest absolute Gasteiger partial charge is 0.379 e. The minimum Gasteiger partial charge on any atom is -0.379 e. The van der Waals surface area contributed by atoms with Crippen molar-refractivity contribution in [3.63, 3.8) is 0 Å². The van der Waals surface area contributed by atoms with Crippen molar-refractivity contribution in [2.24, 2.45) is 11.5 Å². The van der Waals surface area contributed by atoms with Crippen LogP contribution in [0.3, 0.4) is 0 Å². The third-order valence-corrected chi connectivity index (χ3v) is 2.15. The Kier molecular flexibility index (Phi) is 3.90. The van der Waals surface area contributed by atoms with Crippen LogP contribution in [0, 0.1) is 0 Å². The van der Waals surface area contributed by atoms with Crippen molar-refractivity contribution < 1.29 is 9.84 Å². The van der Waals surface area contributed by atoms with Crippen molar-refractivity contribution in [3.8, 4) is 0 Å². The number of aliphatic hydroxyl groups is 1. The number of morpholine rings is 1. The Labute approximate surface area is 72.3 Å². The highest BCUT2D eigenvalue weighted by Crippen LogP contribution is 2.04. The molecule has 0 aliphatic carbocycles. The van der Waals surface area contributed by atoms with Gasteiger partial charge in [0.05, 0.1) is 19.3 Å². The number of nitrogens with two attached hydrogens (primary N) is 2. The second-order valence-electron chi connectivity index (χ2n) is 2.94. The molecule has 2 atom stereocenters. The van der Waals surface area contributed by atoms with Crippen molar-refractivity contribution in [3.05, 3.63) is 0 Å². The molecule has 1 heterocycles. The topological polar surface area (TPSA) is 84.7 Å². The summed E-state index contributed by atoms with van der Waals surface area (Å²) in [5.74, 6) is 0. The molecule has 0 aromatic carbocycles. The molecule has 5 nitrogen and oxygen atoms in total. The van der Waals surface area contributed by atoms with Gasteiger partial charge in [-0.3, -0.25) is 4.90 Å². The summed E-state index contributed by atoms with van der Waals surface area (Å²) in [6.45, 7) is 3.39. The van der Waals surface area contributed by atoms with Crippen molar-refractivity contribution in [2.45, 2.75) is 12.3 Å². The summed E-state index contributed by atoms with van der Waals surface area (Å²) in [6, 6.07) is -0.131. The summed E-state index contributed by atoms with van der Waals surface area (Å²) in [7, 11) is 0. The first-order valence-electron chi connectivity index (χ1n) is 4.21. The van der Waals surface area contributed by atoms with E-state index in [1.807, 2.05) is 0 Å². The van der Waals surface area contributed by atoms with E-state index in [1.165, 1.54) is 0 Å². The minimum absolute atomic E-state index is 0.131. The average Bonchev–Trinajstić information content (AvgIpc) is 2.07. The molecule has 5 N–H and O–H groups in total. The molecule has 0 aromatic rings. The summed E-state index contributed by atoms with van der Waals surface area (Å²) >= 11 is 0. The van der Waals surface area contributed by atoms with Crippen LogP contribution in [0.15, 0.2) is 0 Å². The molecule has 0 amide bonds. The first kappa shape index (κ1) is 9.88. The van der Waals surface area contributed by atoms with E-state index >= 15 is 0 Å². The highest BCUT2D eigenvalue weighted by atomic mass is 16.5. The molecule has 0 saturated carbocycles. The fourth-order valence-corrected chi connectivity index (χ4v) is 1.41. The Hall–Kier alpha value is -0.200. The third-order valence-electron chi connectivity index (χ3n) is 2.15. The van der Waals surface area contributed by atoms with E-state index in [1.54, 1.807) is 0 Å². The lowest BCUT2D eigenvalue weighted by atomic mass is 10.2. The predicted molar refractivity (Wildman–Crippen MR) is 45.4 cm³/mol. The SMILES string of the molecule is NCC(C(N)O)N1CCOCC1. The molecule has 1 fully saturated rings. The number of nitrogens with zero attached hydrogens (tertiary/aromatic N) is 1. The molecule has 5 heteroatoms. The lowest BCUT2D eigenvalue weighted by Gasteiger charge is -2.34. The van der Waals surface area contributed by atoms with Gasteiger partial charge in [0.25, 0.3) is 0 Å². The molecule has 1 saturated heterocycles. The summed E-state index contributed by atoms with van der Waals surface area (Å²) in [5, 5.41) is 9.18. The molecule has 1 aliphatic rings. The van der Waals surface area contributed by atoms with E-state index in [4.69, 9.17) is 16.2 Å². The van der Waals surface area contributed by atoms with Crippen LogP contribution in [0.5, 0.6) is 0 Å². The van der Waals surface area contributed by atoms with Gasteiger partial charge in [-0.15, -0.1) is 0 Å². The standard InChI is InChI=1S/C7H17N3O2/c8-5-6(7(9)11)10-1-3-12-4-2-10/h6-7,11H,1-5,8-9H2. The Balaban J connectivity index is 2.40. The molecule has 0 radical (unpaired) electrons. The second kappa shape index (κ2) is 4.74. The van der Waals surface area contributed by atoms with Crippen LogP contribution in [-0.2, 0) is 4.74 Å². The van der Waals surface area contributed by atoms with Gasteiger partial charge in [0.2, 0.25) is 0 Å². The fourth-order valence-electron chi connectivity index (χ4n) is 1.41. The second-order valence-corrected chi connectivity index (χ2v) is 2.94. The third kappa shape index (κ3) is 2.40. The number of aliphatic hydroxyl groups excluding tert-OH is 1. The van der Waals surface area contributed by atoms with Gasteiger partial charge in [-0.25, -0.2) is 0 Å². The summed E-state index contributed by atoms with van der Waals surface area (Å²) in [5.41, 5.74) is 10.9. The molecular formula is C7H17N3O2. The minimum atomic E-state index is -0.854. The predicted octanol–water partition coefficient (Wildman–Crippen LogP) is -2.08. The zero-order chi connectivity index (χ0) is 8.97. The summed E-state index contributed by atoms with van der Waals surface area (Å²) < 4.78 is 5.17. The van der Waals surface area contributed by atoms with E-state index in [2.05, 4.69) is 4.90 Å². The molecule has 1 aliphatic heterocycles. The van der Waals surface area contributed by atoms with E-state index in [-0.39, 0.29) is 6.04 Å². The molecule has 1 rings (SSSR count). The Morgan fingerprint density at radius 2 is 2.00 bits per heavy atom. The van der Waals surface area contributed by atoms with Gasteiger partial charge in [0.1, 0.15) is 6.23 Å². The zero-order valence-electron chi connectivity index (χ0n) is 7.15. The average molecular weight is 175 g/mol. The van der Waals surface area contributed by atoms with E-state index < -0.39 is 6.23 Å². The van der Waals surface area contributed by atoms with Crippen LogP contribution in [0.25, 0.3) is 0 Å². The normalized spacial score (nSPS) is 25.2. The van der Waals surface area contributed by atoms with Crippen LogP contribution in [-0.4, -0.2) is 55.1 Å². The van der Waals surface area contributed by atoms with E-state index in [0.717, 1.165) is 13.1 Å². The van der Waals surface area contributed by atoms with Gasteiger partial charge in [-0.2, -0.15) is 0 Å². The van der Waals surface area contributed by atoms with Crippen LogP contribution < -0.4 is 11.5 Å². The molecule has 72 valence electrons.